The van der Waals surface area contributed by atoms with Gasteiger partial charge in [-0.2, -0.15) is 4.31 Å². The number of aryl methyl sites for hydroxylation is 2. The fourth-order valence-corrected chi connectivity index (χ4v) is 3.76. The highest BCUT2D eigenvalue weighted by Gasteiger charge is 2.25. The number of aromatic nitrogens is 1. The summed E-state index contributed by atoms with van der Waals surface area (Å²) in [4.78, 5) is 17.8. The zero-order chi connectivity index (χ0) is 17.2. The van der Waals surface area contributed by atoms with Gasteiger partial charge >= 0.3 is 0 Å². The van der Waals surface area contributed by atoms with Gasteiger partial charge < -0.3 is 0 Å². The lowest BCUT2D eigenvalue weighted by molar-refractivity contribution is -0.118. The van der Waals surface area contributed by atoms with Crippen LogP contribution < -0.4 is 4.90 Å². The number of hydrogen-bond acceptors (Lipinski definition) is 5. The first kappa shape index (κ1) is 17.6. The molecule has 0 unspecified atom stereocenters. The minimum absolute atomic E-state index is 0.188. The molecule has 0 bridgehead atoms. The Balaban J connectivity index is 2.16. The summed E-state index contributed by atoms with van der Waals surface area (Å²) in [5.41, 5.74) is 1.91. The maximum atomic E-state index is 12.6. The van der Waals surface area contributed by atoms with Crippen LogP contribution in [0.15, 0.2) is 34.7 Å². The number of hydrogen-bond donors (Lipinski definition) is 0. The van der Waals surface area contributed by atoms with Crippen molar-refractivity contribution in [2.45, 2.75) is 18.7 Å². The number of anilines is 1. The molecule has 0 aliphatic rings. The smallest absolute Gasteiger partial charge is 0.243 e. The van der Waals surface area contributed by atoms with E-state index in [4.69, 9.17) is 0 Å². The second-order valence-electron chi connectivity index (χ2n) is 5.27. The molecule has 1 amide bonds. The monoisotopic (exact) mass is 353 g/mol. The Morgan fingerprint density at radius 2 is 1.91 bits per heavy atom. The van der Waals surface area contributed by atoms with Gasteiger partial charge in [0.05, 0.1) is 11.4 Å². The topological polar surface area (TPSA) is 70.6 Å². The van der Waals surface area contributed by atoms with Crippen LogP contribution in [0.3, 0.4) is 0 Å². The number of carbonyl (C=O) groups excluding carboxylic acids is 1. The minimum atomic E-state index is -3.71. The number of carbonyl (C=O) groups is 1. The molecule has 124 valence electrons. The minimum Gasteiger partial charge on any atom is -0.290 e. The summed E-state index contributed by atoms with van der Waals surface area (Å²) < 4.78 is 26.2. The van der Waals surface area contributed by atoms with E-state index in [1.165, 1.54) is 23.3 Å². The van der Waals surface area contributed by atoms with Crippen molar-refractivity contribution in [2.24, 2.45) is 0 Å². The number of benzene rings is 1. The molecule has 0 saturated carbocycles. The number of amides is 1. The molecule has 2 rings (SSSR count). The van der Waals surface area contributed by atoms with Gasteiger partial charge in [0, 0.05) is 25.7 Å². The molecule has 0 aliphatic heterocycles. The van der Waals surface area contributed by atoms with E-state index in [1.54, 1.807) is 36.8 Å². The molecule has 0 N–H and O–H groups in total. The first-order chi connectivity index (χ1) is 10.7. The first-order valence-corrected chi connectivity index (χ1v) is 9.25. The van der Waals surface area contributed by atoms with E-state index >= 15 is 0 Å². The SMILES string of the molecule is Cc1ccc(S(=O)(=O)N(C)CC(=O)N(C)c2nccs2)cc1C. The number of sulfonamides is 1. The van der Waals surface area contributed by atoms with Crippen molar-refractivity contribution in [3.8, 4) is 0 Å². The highest BCUT2D eigenvalue weighted by molar-refractivity contribution is 7.89. The Labute approximate surface area is 140 Å². The maximum Gasteiger partial charge on any atom is 0.243 e. The third-order valence-electron chi connectivity index (χ3n) is 3.62. The summed E-state index contributed by atoms with van der Waals surface area (Å²) in [7, 11) is -0.725. The van der Waals surface area contributed by atoms with Crippen LogP contribution in [0.5, 0.6) is 0 Å². The van der Waals surface area contributed by atoms with Crippen LogP contribution in [0.1, 0.15) is 11.1 Å². The molecule has 1 aromatic carbocycles. The Morgan fingerprint density at radius 1 is 1.22 bits per heavy atom. The summed E-state index contributed by atoms with van der Waals surface area (Å²) in [5.74, 6) is -0.338. The van der Waals surface area contributed by atoms with Crippen LogP contribution in [-0.2, 0) is 14.8 Å². The second-order valence-corrected chi connectivity index (χ2v) is 8.19. The van der Waals surface area contributed by atoms with Gasteiger partial charge in [0.1, 0.15) is 0 Å². The van der Waals surface area contributed by atoms with Crippen molar-refractivity contribution in [3.63, 3.8) is 0 Å². The van der Waals surface area contributed by atoms with Crippen molar-refractivity contribution in [1.82, 2.24) is 9.29 Å². The van der Waals surface area contributed by atoms with E-state index in [9.17, 15) is 13.2 Å². The molecule has 0 aliphatic carbocycles. The number of nitrogens with zero attached hydrogens (tertiary/aromatic N) is 3. The average molecular weight is 353 g/mol. The van der Waals surface area contributed by atoms with E-state index in [2.05, 4.69) is 4.98 Å². The molecular formula is C15H19N3O3S2. The van der Waals surface area contributed by atoms with Crippen LogP contribution in [0, 0.1) is 13.8 Å². The molecule has 1 aromatic heterocycles. The molecule has 8 heteroatoms. The van der Waals surface area contributed by atoms with Crippen LogP contribution in [-0.4, -0.2) is 44.3 Å². The number of thiazole rings is 1. The molecule has 6 nitrogen and oxygen atoms in total. The Kier molecular flexibility index (Phi) is 5.18. The third kappa shape index (κ3) is 3.77. The Hall–Kier alpha value is -1.77. The lowest BCUT2D eigenvalue weighted by Crippen LogP contribution is -2.39. The zero-order valence-electron chi connectivity index (χ0n) is 13.5. The van der Waals surface area contributed by atoms with Crippen molar-refractivity contribution in [2.75, 3.05) is 25.5 Å². The maximum absolute atomic E-state index is 12.6. The molecular weight excluding hydrogens is 334 g/mol. The van der Waals surface area contributed by atoms with E-state index < -0.39 is 10.0 Å². The van der Waals surface area contributed by atoms with Crippen molar-refractivity contribution >= 4 is 32.4 Å². The summed E-state index contributed by atoms with van der Waals surface area (Å²) in [6.45, 7) is 3.53. The number of rotatable bonds is 5. The molecule has 0 radical (unpaired) electrons. The first-order valence-electron chi connectivity index (χ1n) is 6.93. The molecule has 1 heterocycles. The predicted molar refractivity (Wildman–Crippen MR) is 91.3 cm³/mol. The fourth-order valence-electron chi connectivity index (χ4n) is 1.92. The predicted octanol–water partition coefficient (Wildman–Crippen LogP) is 2.04. The zero-order valence-corrected chi connectivity index (χ0v) is 15.1. The van der Waals surface area contributed by atoms with Gasteiger partial charge in [-0.3, -0.25) is 9.69 Å². The quantitative estimate of drug-likeness (QED) is 0.825. The van der Waals surface area contributed by atoms with Gasteiger partial charge in [0.15, 0.2) is 5.13 Å². The molecule has 0 saturated heterocycles. The van der Waals surface area contributed by atoms with Crippen LogP contribution in [0.4, 0.5) is 5.13 Å². The third-order valence-corrected chi connectivity index (χ3v) is 6.27. The van der Waals surface area contributed by atoms with Gasteiger partial charge in [0.2, 0.25) is 15.9 Å². The van der Waals surface area contributed by atoms with Crippen molar-refractivity contribution < 1.29 is 13.2 Å². The molecule has 0 fully saturated rings. The lowest BCUT2D eigenvalue weighted by Gasteiger charge is -2.20. The van der Waals surface area contributed by atoms with Crippen LogP contribution >= 0.6 is 11.3 Å². The van der Waals surface area contributed by atoms with Gasteiger partial charge in [-0.05, 0) is 37.1 Å². The van der Waals surface area contributed by atoms with E-state index in [-0.39, 0.29) is 17.3 Å². The Bertz CT molecular complexity index is 801. The highest BCUT2D eigenvalue weighted by Crippen LogP contribution is 2.19. The summed E-state index contributed by atoms with van der Waals surface area (Å²) in [6.07, 6.45) is 1.60. The fraction of sp³-hybridized carbons (Fsp3) is 0.333. The summed E-state index contributed by atoms with van der Waals surface area (Å²) >= 11 is 1.32. The largest absolute Gasteiger partial charge is 0.290 e. The van der Waals surface area contributed by atoms with Crippen molar-refractivity contribution in [3.05, 3.63) is 40.9 Å². The van der Waals surface area contributed by atoms with Gasteiger partial charge in [-0.1, -0.05) is 6.07 Å². The van der Waals surface area contributed by atoms with E-state index in [0.29, 0.717) is 5.13 Å². The van der Waals surface area contributed by atoms with Gasteiger partial charge in [-0.25, -0.2) is 13.4 Å². The van der Waals surface area contributed by atoms with Gasteiger partial charge in [0.25, 0.3) is 0 Å². The van der Waals surface area contributed by atoms with Gasteiger partial charge in [-0.15, -0.1) is 11.3 Å². The summed E-state index contributed by atoms with van der Waals surface area (Å²) in [6, 6.07) is 4.94. The summed E-state index contributed by atoms with van der Waals surface area (Å²) in [5, 5.41) is 2.29. The van der Waals surface area contributed by atoms with Crippen molar-refractivity contribution in [1.29, 1.82) is 0 Å². The molecule has 0 spiro atoms. The van der Waals surface area contributed by atoms with E-state index in [1.807, 2.05) is 13.8 Å². The van der Waals surface area contributed by atoms with Crippen LogP contribution in [0.25, 0.3) is 0 Å². The van der Waals surface area contributed by atoms with E-state index in [0.717, 1.165) is 15.4 Å². The van der Waals surface area contributed by atoms with Crippen LogP contribution in [0.2, 0.25) is 0 Å². The standard InChI is InChI=1S/C15H19N3O3S2/c1-11-5-6-13(9-12(11)2)23(20,21)17(3)10-14(19)18(4)15-16-7-8-22-15/h5-9H,10H2,1-4H3. The highest BCUT2D eigenvalue weighted by atomic mass is 32.2. The lowest BCUT2D eigenvalue weighted by atomic mass is 10.1. The Morgan fingerprint density at radius 3 is 2.48 bits per heavy atom. The number of likely N-dealkylation sites (N-methyl/N-ethyl adjacent to an activating group) is 2. The molecule has 0 atom stereocenters. The molecule has 2 aromatic rings. The normalized spacial score (nSPS) is 11.7. The second kappa shape index (κ2) is 6.77. The molecule has 23 heavy (non-hydrogen) atoms. The average Bonchev–Trinajstić information content (AvgIpc) is 3.03.